The topological polar surface area (TPSA) is 65.6 Å². The fourth-order valence-electron chi connectivity index (χ4n) is 3.90. The number of aromatic nitrogens is 2. The van der Waals surface area contributed by atoms with Crippen molar-refractivity contribution in [1.82, 2.24) is 9.13 Å². The van der Waals surface area contributed by atoms with Crippen LogP contribution in [0.5, 0.6) is 17.4 Å². The first-order valence-electron chi connectivity index (χ1n) is 10.2. The summed E-state index contributed by atoms with van der Waals surface area (Å²) in [4.78, 5) is 12.8. The summed E-state index contributed by atoms with van der Waals surface area (Å²) in [7, 11) is 0. The van der Waals surface area contributed by atoms with Gasteiger partial charge in [-0.25, -0.2) is 13.8 Å². The normalized spacial score (nSPS) is 13.2. The number of nitrogens with zero attached hydrogens (tertiary/aromatic N) is 2. The monoisotopic (exact) mass is 446 g/mol. The minimum Gasteiger partial charge on any atom is -0.493 e. The maximum atomic E-state index is 14.7. The first-order valence-corrected chi connectivity index (χ1v) is 10.6. The molecule has 1 aliphatic rings. The van der Waals surface area contributed by atoms with Gasteiger partial charge in [-0.2, -0.15) is 0 Å². The van der Waals surface area contributed by atoms with E-state index in [1.54, 1.807) is 0 Å². The molecule has 0 spiro atoms. The maximum absolute atomic E-state index is 14.7. The highest BCUT2D eigenvalue weighted by Crippen LogP contribution is 2.33. The zero-order valence-corrected chi connectivity index (χ0v) is 18.2. The second kappa shape index (κ2) is 8.67. The van der Waals surface area contributed by atoms with Gasteiger partial charge in [-0.15, -0.1) is 0 Å². The zero-order valence-electron chi connectivity index (χ0n) is 17.5. The van der Waals surface area contributed by atoms with Crippen LogP contribution in [0.4, 0.5) is 4.39 Å². The minimum atomic E-state index is -0.718. The van der Waals surface area contributed by atoms with Gasteiger partial charge in [-0.1, -0.05) is 29.3 Å². The molecule has 0 radical (unpaired) electrons. The first-order chi connectivity index (χ1) is 14.9. The molecule has 3 aromatic rings. The fourth-order valence-corrected chi connectivity index (χ4v) is 4.10. The molecule has 0 saturated heterocycles. The third-order valence-corrected chi connectivity index (χ3v) is 5.73. The molecule has 1 N–H and O–H groups in total. The quantitative estimate of drug-likeness (QED) is 0.564. The highest BCUT2D eigenvalue weighted by molar-refractivity contribution is 6.32. The zero-order chi connectivity index (χ0) is 22.1. The Balaban J connectivity index is 1.54. The maximum Gasteiger partial charge on any atom is 0.336 e. The summed E-state index contributed by atoms with van der Waals surface area (Å²) >= 11 is 6.15. The highest BCUT2D eigenvalue weighted by Gasteiger charge is 2.25. The Morgan fingerprint density at radius 2 is 1.84 bits per heavy atom. The summed E-state index contributed by atoms with van der Waals surface area (Å²) in [5, 5.41) is 10.6. The van der Waals surface area contributed by atoms with Crippen molar-refractivity contribution in [2.24, 2.45) is 0 Å². The molecule has 6 nitrogen and oxygen atoms in total. The van der Waals surface area contributed by atoms with E-state index >= 15 is 0 Å². The van der Waals surface area contributed by atoms with Gasteiger partial charge in [0.2, 0.25) is 5.88 Å². The number of fused-ring (bicyclic) bond motifs is 1. The van der Waals surface area contributed by atoms with Crippen molar-refractivity contribution in [3.8, 4) is 23.1 Å². The van der Waals surface area contributed by atoms with Crippen molar-refractivity contribution < 1.29 is 19.0 Å². The number of halogens is 2. The molecule has 0 amide bonds. The molecule has 0 fully saturated rings. The highest BCUT2D eigenvalue weighted by atomic mass is 35.5. The van der Waals surface area contributed by atoms with E-state index in [1.807, 2.05) is 32.0 Å². The van der Waals surface area contributed by atoms with Crippen molar-refractivity contribution in [2.75, 3.05) is 13.2 Å². The smallest absolute Gasteiger partial charge is 0.336 e. The molecular formula is C23H24ClFN2O4. The Morgan fingerprint density at radius 1 is 1.10 bits per heavy atom. The number of imidazole rings is 1. The van der Waals surface area contributed by atoms with E-state index in [9.17, 15) is 14.3 Å². The molecule has 0 saturated carbocycles. The van der Waals surface area contributed by atoms with Crippen molar-refractivity contribution >= 4 is 11.6 Å². The molecule has 8 heteroatoms. The lowest BCUT2D eigenvalue weighted by Gasteiger charge is -2.13. The van der Waals surface area contributed by atoms with E-state index in [4.69, 9.17) is 21.1 Å². The van der Waals surface area contributed by atoms with Crippen LogP contribution in [0.1, 0.15) is 29.7 Å². The average molecular weight is 447 g/mol. The van der Waals surface area contributed by atoms with Crippen LogP contribution in [0.2, 0.25) is 5.02 Å². The Bertz CT molecular complexity index is 1190. The van der Waals surface area contributed by atoms with E-state index in [-0.39, 0.29) is 35.6 Å². The van der Waals surface area contributed by atoms with Crippen LogP contribution in [0.15, 0.2) is 35.1 Å². The van der Waals surface area contributed by atoms with Gasteiger partial charge in [0.1, 0.15) is 30.5 Å². The lowest BCUT2D eigenvalue weighted by atomic mass is 10.1. The number of hydrogen-bond donors (Lipinski definition) is 1. The number of aryl methyl sites for hydroxylation is 2. The Labute approximate surface area is 184 Å². The summed E-state index contributed by atoms with van der Waals surface area (Å²) in [6, 6.07) is 8.31. The van der Waals surface area contributed by atoms with E-state index < -0.39 is 11.5 Å². The van der Waals surface area contributed by atoms with E-state index in [0.717, 1.165) is 40.4 Å². The van der Waals surface area contributed by atoms with E-state index in [0.29, 0.717) is 18.7 Å². The Hall–Kier alpha value is -2.93. The van der Waals surface area contributed by atoms with Crippen molar-refractivity contribution in [3.63, 3.8) is 0 Å². The number of benzene rings is 2. The number of rotatable bonds is 6. The molecule has 1 aromatic heterocycles. The van der Waals surface area contributed by atoms with Gasteiger partial charge in [-0.3, -0.25) is 4.57 Å². The summed E-state index contributed by atoms with van der Waals surface area (Å²) in [5.74, 6) is 0.00741. The minimum absolute atomic E-state index is 0.0734. The van der Waals surface area contributed by atoms with Crippen LogP contribution < -0.4 is 15.2 Å². The van der Waals surface area contributed by atoms with Gasteiger partial charge in [0, 0.05) is 12.6 Å². The molecular weight excluding hydrogens is 423 g/mol. The second-order valence-corrected chi connectivity index (χ2v) is 8.10. The summed E-state index contributed by atoms with van der Waals surface area (Å²) < 4.78 is 28.6. The van der Waals surface area contributed by atoms with Crippen LogP contribution in [-0.4, -0.2) is 27.5 Å². The molecule has 2 aromatic carbocycles. The number of aromatic hydroxyl groups is 1. The lowest BCUT2D eigenvalue weighted by molar-refractivity contribution is 0.216. The molecule has 4 rings (SSSR count). The SMILES string of the molecule is Cc1ccc(OCCOc2cc(-n3c(O)c4n(c3=O)CCCC4)c(F)cc2Cl)c(C)c1. The van der Waals surface area contributed by atoms with Crippen molar-refractivity contribution in [3.05, 3.63) is 68.5 Å². The fraction of sp³-hybridized carbons (Fsp3) is 0.348. The number of hydrogen-bond acceptors (Lipinski definition) is 4. The van der Waals surface area contributed by atoms with Crippen molar-refractivity contribution in [1.29, 1.82) is 0 Å². The van der Waals surface area contributed by atoms with Crippen molar-refractivity contribution in [2.45, 2.75) is 39.7 Å². The molecule has 0 bridgehead atoms. The standard InChI is InChI=1S/C23H24ClFN2O4/c1-14-6-7-20(15(2)11-14)30-9-10-31-21-13-19(17(25)12-16(21)24)27-22(28)18-5-3-4-8-26(18)23(27)29/h6-7,11-13,28H,3-5,8-10H2,1-2H3. The predicted molar refractivity (Wildman–Crippen MR) is 117 cm³/mol. The molecule has 0 aliphatic carbocycles. The molecule has 164 valence electrons. The van der Waals surface area contributed by atoms with Gasteiger partial charge >= 0.3 is 5.69 Å². The Kier molecular flexibility index (Phi) is 5.96. The lowest BCUT2D eigenvalue weighted by Crippen LogP contribution is -2.26. The van der Waals surface area contributed by atoms with E-state index in [1.165, 1.54) is 10.6 Å². The van der Waals surface area contributed by atoms with Gasteiger partial charge in [0.15, 0.2) is 0 Å². The van der Waals surface area contributed by atoms with Gasteiger partial charge in [-0.05, 0) is 50.8 Å². The second-order valence-electron chi connectivity index (χ2n) is 7.70. The third-order valence-electron chi connectivity index (χ3n) is 5.43. The summed E-state index contributed by atoms with van der Waals surface area (Å²) in [6.45, 7) is 4.92. The molecule has 0 atom stereocenters. The first kappa shape index (κ1) is 21.3. The van der Waals surface area contributed by atoms with Gasteiger partial charge in [0.25, 0.3) is 0 Å². The van der Waals surface area contributed by atoms with Gasteiger partial charge < -0.3 is 14.6 Å². The molecule has 2 heterocycles. The van der Waals surface area contributed by atoms with E-state index in [2.05, 4.69) is 0 Å². The number of ether oxygens (including phenoxy) is 2. The van der Waals surface area contributed by atoms with Crippen LogP contribution in [-0.2, 0) is 13.0 Å². The Morgan fingerprint density at radius 3 is 2.55 bits per heavy atom. The van der Waals surface area contributed by atoms with Gasteiger partial charge in [0.05, 0.1) is 16.4 Å². The largest absolute Gasteiger partial charge is 0.493 e. The molecule has 31 heavy (non-hydrogen) atoms. The molecule has 1 aliphatic heterocycles. The summed E-state index contributed by atoms with van der Waals surface area (Å²) in [6.07, 6.45) is 2.28. The van der Waals surface area contributed by atoms with Crippen LogP contribution >= 0.6 is 11.6 Å². The van der Waals surface area contributed by atoms with Crippen LogP contribution in [0.25, 0.3) is 5.69 Å². The predicted octanol–water partition coefficient (Wildman–Crippen LogP) is 4.55. The van der Waals surface area contributed by atoms with Crippen LogP contribution in [0, 0.1) is 19.7 Å². The molecule has 0 unspecified atom stereocenters. The third kappa shape index (κ3) is 4.14. The summed E-state index contributed by atoms with van der Waals surface area (Å²) in [5.41, 5.74) is 2.12. The van der Waals surface area contributed by atoms with Crippen LogP contribution in [0.3, 0.4) is 0 Å². The average Bonchev–Trinajstić information content (AvgIpc) is 2.99.